The van der Waals surface area contributed by atoms with E-state index < -0.39 is 11.1 Å². The fraction of sp³-hybridized carbons (Fsp3) is 0.556. The molecule has 1 aromatic carbocycles. The standard InChI is InChI=1S/C18H26N4/c19-14-3-1-11-2-4-15-12(9-13(11)10-14)5-7-18(22)16(20)6-8-17(15,18)21/h1,3,10,16H,2,4-9,19-22H2. The van der Waals surface area contributed by atoms with Gasteiger partial charge in [-0.3, -0.25) is 0 Å². The number of aryl methyl sites for hydroxylation is 1. The predicted molar refractivity (Wildman–Crippen MR) is 90.2 cm³/mol. The van der Waals surface area contributed by atoms with Crippen molar-refractivity contribution in [3.8, 4) is 0 Å². The van der Waals surface area contributed by atoms with Gasteiger partial charge in [-0.1, -0.05) is 11.6 Å². The number of rotatable bonds is 0. The van der Waals surface area contributed by atoms with E-state index in [0.29, 0.717) is 0 Å². The van der Waals surface area contributed by atoms with Crippen LogP contribution in [-0.2, 0) is 12.8 Å². The molecule has 3 aliphatic rings. The van der Waals surface area contributed by atoms with Crippen molar-refractivity contribution in [2.24, 2.45) is 17.2 Å². The molecule has 118 valence electrons. The zero-order valence-electron chi connectivity index (χ0n) is 13.1. The fourth-order valence-corrected chi connectivity index (χ4v) is 5.01. The molecule has 8 N–H and O–H groups in total. The number of allylic oxidation sites excluding steroid dienone is 1. The first-order valence-electron chi connectivity index (χ1n) is 8.36. The summed E-state index contributed by atoms with van der Waals surface area (Å²) in [5.74, 6) is 0. The third-order valence-corrected chi connectivity index (χ3v) is 6.43. The quantitative estimate of drug-likeness (QED) is 0.429. The lowest BCUT2D eigenvalue weighted by atomic mass is 9.64. The molecule has 4 rings (SSSR count). The van der Waals surface area contributed by atoms with Gasteiger partial charge in [-0.15, -0.1) is 0 Å². The highest BCUT2D eigenvalue weighted by atomic mass is 15.0. The first-order chi connectivity index (χ1) is 10.4. The number of nitrogen functional groups attached to an aromatic ring is 1. The normalized spacial score (nSPS) is 37.3. The van der Waals surface area contributed by atoms with Crippen LogP contribution in [0.4, 0.5) is 5.69 Å². The van der Waals surface area contributed by atoms with Gasteiger partial charge < -0.3 is 22.9 Å². The molecular weight excluding hydrogens is 272 g/mol. The molecule has 0 bridgehead atoms. The monoisotopic (exact) mass is 298 g/mol. The Balaban J connectivity index is 1.78. The third kappa shape index (κ3) is 1.75. The van der Waals surface area contributed by atoms with Crippen LogP contribution in [0.1, 0.15) is 43.2 Å². The Hall–Kier alpha value is -1.36. The van der Waals surface area contributed by atoms with Crippen molar-refractivity contribution in [2.45, 2.75) is 62.1 Å². The maximum absolute atomic E-state index is 6.89. The van der Waals surface area contributed by atoms with Crippen LogP contribution in [-0.4, -0.2) is 17.1 Å². The molecule has 0 spiro atoms. The number of anilines is 1. The summed E-state index contributed by atoms with van der Waals surface area (Å²) < 4.78 is 0. The van der Waals surface area contributed by atoms with Crippen LogP contribution in [0.3, 0.4) is 0 Å². The highest BCUT2D eigenvalue weighted by molar-refractivity contribution is 5.50. The van der Waals surface area contributed by atoms with Crippen molar-refractivity contribution >= 4 is 5.69 Å². The van der Waals surface area contributed by atoms with Crippen molar-refractivity contribution in [3.05, 3.63) is 40.5 Å². The maximum atomic E-state index is 6.89. The van der Waals surface area contributed by atoms with Crippen LogP contribution in [0.5, 0.6) is 0 Å². The van der Waals surface area contributed by atoms with Crippen molar-refractivity contribution in [1.82, 2.24) is 0 Å². The molecule has 22 heavy (non-hydrogen) atoms. The zero-order valence-corrected chi connectivity index (χ0v) is 13.1. The largest absolute Gasteiger partial charge is 0.399 e. The van der Waals surface area contributed by atoms with Crippen molar-refractivity contribution in [1.29, 1.82) is 0 Å². The second-order valence-electron chi connectivity index (χ2n) is 7.44. The average Bonchev–Trinajstić information content (AvgIpc) is 2.64. The Morgan fingerprint density at radius 1 is 1.00 bits per heavy atom. The number of hydrogen-bond donors (Lipinski definition) is 4. The number of fused-ring (bicyclic) bond motifs is 3. The molecule has 3 aliphatic carbocycles. The summed E-state index contributed by atoms with van der Waals surface area (Å²) in [5.41, 5.74) is 31.6. The lowest BCUT2D eigenvalue weighted by Crippen LogP contribution is -2.70. The van der Waals surface area contributed by atoms with Gasteiger partial charge in [0, 0.05) is 11.7 Å². The van der Waals surface area contributed by atoms with Crippen LogP contribution >= 0.6 is 0 Å². The van der Waals surface area contributed by atoms with Crippen LogP contribution in [0.15, 0.2) is 29.3 Å². The summed E-state index contributed by atoms with van der Waals surface area (Å²) in [7, 11) is 0. The molecule has 1 aromatic rings. The van der Waals surface area contributed by atoms with E-state index >= 15 is 0 Å². The molecule has 3 atom stereocenters. The Morgan fingerprint density at radius 2 is 1.82 bits per heavy atom. The van der Waals surface area contributed by atoms with Crippen LogP contribution in [0.2, 0.25) is 0 Å². The summed E-state index contributed by atoms with van der Waals surface area (Å²) in [5, 5.41) is 0. The Morgan fingerprint density at radius 3 is 2.64 bits per heavy atom. The Bertz CT molecular complexity index is 665. The molecule has 3 unspecified atom stereocenters. The molecule has 1 fully saturated rings. The first-order valence-corrected chi connectivity index (χ1v) is 8.36. The molecule has 4 heteroatoms. The Labute approximate surface area is 131 Å². The van der Waals surface area contributed by atoms with Gasteiger partial charge in [0.2, 0.25) is 0 Å². The minimum Gasteiger partial charge on any atom is -0.399 e. The van der Waals surface area contributed by atoms with E-state index in [4.69, 9.17) is 22.9 Å². The second-order valence-corrected chi connectivity index (χ2v) is 7.44. The van der Waals surface area contributed by atoms with Crippen LogP contribution in [0, 0.1) is 0 Å². The summed E-state index contributed by atoms with van der Waals surface area (Å²) in [6.07, 6.45) is 6.78. The minimum absolute atomic E-state index is 0.0211. The fourth-order valence-electron chi connectivity index (χ4n) is 5.01. The molecule has 1 saturated carbocycles. The zero-order chi connectivity index (χ0) is 15.5. The SMILES string of the molecule is Nc1ccc2c(c1)CC1=C(CC2)C2(N)CCC(N)C2(N)CC1. The smallest absolute Gasteiger partial charge is 0.0570 e. The van der Waals surface area contributed by atoms with Gasteiger partial charge in [-0.25, -0.2) is 0 Å². The van der Waals surface area contributed by atoms with E-state index in [1.54, 1.807) is 0 Å². The van der Waals surface area contributed by atoms with Gasteiger partial charge in [0.05, 0.1) is 11.1 Å². The van der Waals surface area contributed by atoms with E-state index in [1.165, 1.54) is 22.3 Å². The number of benzene rings is 1. The molecule has 0 saturated heterocycles. The van der Waals surface area contributed by atoms with E-state index in [-0.39, 0.29) is 6.04 Å². The topological polar surface area (TPSA) is 104 Å². The van der Waals surface area contributed by atoms with E-state index in [2.05, 4.69) is 12.1 Å². The molecule has 0 heterocycles. The van der Waals surface area contributed by atoms with Crippen molar-refractivity contribution < 1.29 is 0 Å². The molecule has 0 aliphatic heterocycles. The number of hydrogen-bond acceptors (Lipinski definition) is 4. The highest BCUT2D eigenvalue weighted by Gasteiger charge is 2.58. The van der Waals surface area contributed by atoms with Gasteiger partial charge in [0.15, 0.2) is 0 Å². The van der Waals surface area contributed by atoms with Crippen LogP contribution < -0.4 is 22.9 Å². The van der Waals surface area contributed by atoms with Crippen LogP contribution in [0.25, 0.3) is 0 Å². The van der Waals surface area contributed by atoms with E-state index in [0.717, 1.165) is 50.6 Å². The minimum atomic E-state index is -0.429. The van der Waals surface area contributed by atoms with Crippen molar-refractivity contribution in [3.63, 3.8) is 0 Å². The van der Waals surface area contributed by atoms with Gasteiger partial charge in [-0.2, -0.15) is 0 Å². The molecule has 0 radical (unpaired) electrons. The van der Waals surface area contributed by atoms with Crippen molar-refractivity contribution in [2.75, 3.05) is 5.73 Å². The predicted octanol–water partition coefficient (Wildman–Crippen LogP) is 1.36. The third-order valence-electron chi connectivity index (χ3n) is 6.43. The average molecular weight is 298 g/mol. The molecule has 0 amide bonds. The summed E-state index contributed by atoms with van der Waals surface area (Å²) in [6.45, 7) is 0. The summed E-state index contributed by atoms with van der Waals surface area (Å²) in [4.78, 5) is 0. The van der Waals surface area contributed by atoms with Gasteiger partial charge in [0.25, 0.3) is 0 Å². The van der Waals surface area contributed by atoms with Gasteiger partial charge in [0.1, 0.15) is 0 Å². The highest BCUT2D eigenvalue weighted by Crippen LogP contribution is 2.50. The van der Waals surface area contributed by atoms with Gasteiger partial charge in [-0.05, 0) is 73.8 Å². The lowest BCUT2D eigenvalue weighted by Gasteiger charge is -2.49. The molecule has 0 aromatic heterocycles. The lowest BCUT2D eigenvalue weighted by molar-refractivity contribution is 0.237. The molecular formula is C18H26N4. The Kier molecular flexibility index (Phi) is 2.96. The summed E-state index contributed by atoms with van der Waals surface area (Å²) >= 11 is 0. The summed E-state index contributed by atoms with van der Waals surface area (Å²) in [6, 6.07) is 6.31. The van der Waals surface area contributed by atoms with E-state index in [9.17, 15) is 0 Å². The maximum Gasteiger partial charge on any atom is 0.0570 e. The first kappa shape index (κ1) is 14.2. The molecule has 4 nitrogen and oxygen atoms in total. The van der Waals surface area contributed by atoms with Gasteiger partial charge >= 0.3 is 0 Å². The number of nitrogens with two attached hydrogens (primary N) is 4. The second kappa shape index (κ2) is 4.57. The van der Waals surface area contributed by atoms with E-state index in [1.807, 2.05) is 6.07 Å².